The smallest absolute Gasteiger partial charge is 0.225 e. The molecule has 0 amide bonds. The zero-order valence-corrected chi connectivity index (χ0v) is 21.0. The number of benzene rings is 1. The van der Waals surface area contributed by atoms with Crippen LogP contribution in [0.4, 0.5) is 11.9 Å². The molecule has 2 fully saturated rings. The van der Waals surface area contributed by atoms with E-state index < -0.39 is 0 Å². The summed E-state index contributed by atoms with van der Waals surface area (Å²) in [6.07, 6.45) is 9.80. The Morgan fingerprint density at radius 2 is 1.86 bits per heavy atom. The van der Waals surface area contributed by atoms with E-state index in [0.717, 1.165) is 79.2 Å². The molecule has 8 nitrogen and oxygen atoms in total. The molecule has 1 aromatic carbocycles. The van der Waals surface area contributed by atoms with Gasteiger partial charge in [-0.25, -0.2) is 19.9 Å². The maximum Gasteiger partial charge on any atom is 0.225 e. The van der Waals surface area contributed by atoms with Crippen LogP contribution in [0.25, 0.3) is 11.1 Å². The lowest BCUT2D eigenvalue weighted by molar-refractivity contribution is 0.242. The Morgan fingerprint density at radius 3 is 2.66 bits per heavy atom. The van der Waals surface area contributed by atoms with Gasteiger partial charge in [0.2, 0.25) is 11.9 Å². The van der Waals surface area contributed by atoms with E-state index in [4.69, 9.17) is 14.7 Å². The van der Waals surface area contributed by atoms with E-state index in [-0.39, 0.29) is 6.04 Å². The molecule has 0 bridgehead atoms. The minimum Gasteiger partial charge on any atom is -0.497 e. The average Bonchev–Trinajstić information content (AvgIpc) is 3.37. The van der Waals surface area contributed by atoms with Crippen LogP contribution < -0.4 is 14.5 Å². The Bertz CT molecular complexity index is 1150. The van der Waals surface area contributed by atoms with Gasteiger partial charge in [-0.2, -0.15) is 0 Å². The molecule has 0 saturated carbocycles. The predicted octanol–water partition coefficient (Wildman–Crippen LogP) is 4.34. The van der Waals surface area contributed by atoms with E-state index >= 15 is 0 Å². The summed E-state index contributed by atoms with van der Waals surface area (Å²) in [5, 5.41) is 0. The van der Waals surface area contributed by atoms with E-state index in [1.54, 1.807) is 7.11 Å². The summed E-state index contributed by atoms with van der Waals surface area (Å²) in [7, 11) is 5.67. The molecule has 4 heterocycles. The minimum atomic E-state index is 0.200. The second-order valence-corrected chi connectivity index (χ2v) is 9.62. The van der Waals surface area contributed by atoms with Crippen LogP contribution >= 0.6 is 0 Å². The molecular weight excluding hydrogens is 438 g/mol. The molecule has 0 N–H and O–H groups in total. The maximum absolute atomic E-state index is 5.49. The molecule has 0 aliphatic carbocycles. The monoisotopic (exact) mass is 473 g/mol. The molecule has 1 atom stereocenters. The Balaban J connectivity index is 1.45. The van der Waals surface area contributed by atoms with Crippen molar-refractivity contribution in [1.29, 1.82) is 0 Å². The topological polar surface area (TPSA) is 70.5 Å². The molecule has 0 radical (unpaired) electrons. The standard InChI is InChI=1S/C27H35N7O/c1-32(2)26-29-18-23(20-9-7-10-22(17-20)35-3)25(31-26)24-11-8-16-34(24)19-21-12-13-28-27(30-21)33-14-5-4-6-15-33/h7,9-10,12-13,17-18,24H,4-6,8,11,14-16,19H2,1-3H3. The normalized spacial score (nSPS) is 18.6. The SMILES string of the molecule is COc1cccc(-c2cnc(N(C)C)nc2C2CCCN2Cc2ccnc(N3CCCCC3)n2)c1. The number of likely N-dealkylation sites (tertiary alicyclic amines) is 1. The highest BCUT2D eigenvalue weighted by atomic mass is 16.5. The number of hydrogen-bond acceptors (Lipinski definition) is 8. The summed E-state index contributed by atoms with van der Waals surface area (Å²) in [5.41, 5.74) is 4.27. The molecule has 2 aliphatic heterocycles. The van der Waals surface area contributed by atoms with E-state index in [9.17, 15) is 0 Å². The first-order valence-electron chi connectivity index (χ1n) is 12.6. The van der Waals surface area contributed by atoms with E-state index in [2.05, 4.69) is 38.0 Å². The lowest BCUT2D eigenvalue weighted by Crippen LogP contribution is -2.31. The highest BCUT2D eigenvalue weighted by Crippen LogP contribution is 2.38. The fraction of sp³-hybridized carbons (Fsp3) is 0.481. The van der Waals surface area contributed by atoms with Crippen molar-refractivity contribution in [2.45, 2.75) is 44.7 Å². The third kappa shape index (κ3) is 5.22. The lowest BCUT2D eigenvalue weighted by Gasteiger charge is -2.28. The van der Waals surface area contributed by atoms with Gasteiger partial charge in [0.25, 0.3) is 0 Å². The van der Waals surface area contributed by atoms with Crippen LogP contribution in [-0.2, 0) is 6.54 Å². The van der Waals surface area contributed by atoms with Crippen LogP contribution in [0.1, 0.15) is 49.5 Å². The van der Waals surface area contributed by atoms with Crippen LogP contribution in [0.2, 0.25) is 0 Å². The second kappa shape index (κ2) is 10.6. The van der Waals surface area contributed by atoms with Gasteiger partial charge in [0.15, 0.2) is 0 Å². The van der Waals surface area contributed by atoms with Crippen LogP contribution in [0.5, 0.6) is 5.75 Å². The fourth-order valence-electron chi connectivity index (χ4n) is 5.12. The van der Waals surface area contributed by atoms with Gasteiger partial charge in [0.1, 0.15) is 5.75 Å². The summed E-state index contributed by atoms with van der Waals surface area (Å²) in [6, 6.07) is 10.4. The summed E-state index contributed by atoms with van der Waals surface area (Å²) in [6.45, 7) is 3.90. The number of piperidine rings is 1. The van der Waals surface area contributed by atoms with Crippen molar-refractivity contribution in [3.8, 4) is 16.9 Å². The van der Waals surface area contributed by atoms with Crippen molar-refractivity contribution in [1.82, 2.24) is 24.8 Å². The number of anilines is 2. The Labute approximate surface area is 208 Å². The van der Waals surface area contributed by atoms with Crippen molar-refractivity contribution in [3.05, 3.63) is 54.1 Å². The summed E-state index contributed by atoms with van der Waals surface area (Å²) >= 11 is 0. The maximum atomic E-state index is 5.49. The lowest BCUT2D eigenvalue weighted by atomic mass is 9.99. The van der Waals surface area contributed by atoms with Gasteiger partial charge in [0.05, 0.1) is 24.5 Å². The zero-order chi connectivity index (χ0) is 24.2. The number of ether oxygens (including phenoxy) is 1. The molecule has 2 aromatic heterocycles. The molecule has 3 aromatic rings. The summed E-state index contributed by atoms with van der Waals surface area (Å²) < 4.78 is 5.49. The first-order chi connectivity index (χ1) is 17.1. The molecule has 2 saturated heterocycles. The Kier molecular flexibility index (Phi) is 7.08. The van der Waals surface area contributed by atoms with Crippen molar-refractivity contribution in [2.75, 3.05) is 50.6 Å². The van der Waals surface area contributed by atoms with E-state index in [1.807, 2.05) is 43.5 Å². The van der Waals surface area contributed by atoms with Gasteiger partial charge in [-0.1, -0.05) is 12.1 Å². The average molecular weight is 474 g/mol. The van der Waals surface area contributed by atoms with Crippen LogP contribution in [-0.4, -0.2) is 65.7 Å². The van der Waals surface area contributed by atoms with E-state index in [0.29, 0.717) is 0 Å². The highest BCUT2D eigenvalue weighted by molar-refractivity contribution is 5.68. The van der Waals surface area contributed by atoms with Crippen molar-refractivity contribution in [3.63, 3.8) is 0 Å². The van der Waals surface area contributed by atoms with Crippen molar-refractivity contribution in [2.24, 2.45) is 0 Å². The van der Waals surface area contributed by atoms with Gasteiger partial charge in [0, 0.05) is 51.7 Å². The molecule has 2 aliphatic rings. The zero-order valence-electron chi connectivity index (χ0n) is 21.0. The Hall–Kier alpha value is -3.26. The number of rotatable bonds is 7. The number of aromatic nitrogens is 4. The molecular formula is C27H35N7O. The van der Waals surface area contributed by atoms with Gasteiger partial charge in [-0.05, 0) is 62.4 Å². The third-order valence-corrected chi connectivity index (χ3v) is 6.97. The number of nitrogens with zero attached hydrogens (tertiary/aromatic N) is 7. The van der Waals surface area contributed by atoms with Crippen LogP contribution in [0, 0.1) is 0 Å². The first-order valence-corrected chi connectivity index (χ1v) is 12.6. The predicted molar refractivity (Wildman–Crippen MR) is 139 cm³/mol. The van der Waals surface area contributed by atoms with Gasteiger partial charge in [-0.15, -0.1) is 0 Å². The molecule has 8 heteroatoms. The minimum absolute atomic E-state index is 0.200. The molecule has 1 unspecified atom stereocenters. The number of methoxy groups -OCH3 is 1. The van der Waals surface area contributed by atoms with Crippen molar-refractivity contribution < 1.29 is 4.74 Å². The van der Waals surface area contributed by atoms with Crippen molar-refractivity contribution >= 4 is 11.9 Å². The van der Waals surface area contributed by atoms with Gasteiger partial charge in [-0.3, -0.25) is 4.90 Å². The molecule has 184 valence electrons. The van der Waals surface area contributed by atoms with E-state index in [1.165, 1.54) is 19.3 Å². The summed E-state index contributed by atoms with van der Waals surface area (Å²) in [5.74, 6) is 2.43. The molecule has 0 spiro atoms. The quantitative estimate of drug-likeness (QED) is 0.502. The Morgan fingerprint density at radius 1 is 1.00 bits per heavy atom. The fourth-order valence-corrected chi connectivity index (χ4v) is 5.12. The molecule has 5 rings (SSSR count). The molecule has 35 heavy (non-hydrogen) atoms. The largest absolute Gasteiger partial charge is 0.497 e. The van der Waals surface area contributed by atoms with Gasteiger partial charge < -0.3 is 14.5 Å². The first kappa shape index (κ1) is 23.5. The number of hydrogen-bond donors (Lipinski definition) is 0. The van der Waals surface area contributed by atoms with Crippen LogP contribution in [0.3, 0.4) is 0 Å². The van der Waals surface area contributed by atoms with Gasteiger partial charge >= 0.3 is 0 Å². The second-order valence-electron chi connectivity index (χ2n) is 9.62. The summed E-state index contributed by atoms with van der Waals surface area (Å²) in [4.78, 5) is 26.0. The third-order valence-electron chi connectivity index (χ3n) is 6.97. The highest BCUT2D eigenvalue weighted by Gasteiger charge is 2.31. The van der Waals surface area contributed by atoms with Crippen LogP contribution in [0.15, 0.2) is 42.7 Å².